The maximum atomic E-state index is 8.49. The molecule has 1 fully saturated rings. The molecule has 1 rings (SSSR count). The van der Waals surface area contributed by atoms with Crippen LogP contribution in [0.5, 0.6) is 0 Å². The Morgan fingerprint density at radius 1 is 1.06 bits per heavy atom. The lowest BCUT2D eigenvalue weighted by molar-refractivity contribution is 0.0240. The summed E-state index contributed by atoms with van der Waals surface area (Å²) in [4.78, 5) is 2.47. The molecule has 1 N–H and O–H groups in total. The lowest BCUT2D eigenvalue weighted by atomic mass is 9.99. The van der Waals surface area contributed by atoms with Crippen molar-refractivity contribution in [1.82, 2.24) is 4.90 Å². The Hall–Kier alpha value is -0.160. The van der Waals surface area contributed by atoms with Gasteiger partial charge in [0.2, 0.25) is 0 Å². The summed E-state index contributed by atoms with van der Waals surface area (Å²) in [7, 11) is 0. The molecule has 1 aliphatic rings. The molecule has 0 saturated carbocycles. The molecular weight excluding hydrogens is 206 g/mol. The average molecular weight is 231 g/mol. The second kappa shape index (κ2) is 8.93. The number of ether oxygens (including phenoxy) is 2. The zero-order valence-electron chi connectivity index (χ0n) is 10.4. The van der Waals surface area contributed by atoms with Gasteiger partial charge in [0.1, 0.15) is 0 Å². The van der Waals surface area contributed by atoms with Crippen LogP contribution < -0.4 is 0 Å². The summed E-state index contributed by atoms with van der Waals surface area (Å²) in [5.41, 5.74) is 0. The lowest BCUT2D eigenvalue weighted by Crippen LogP contribution is -2.35. The normalized spacial score (nSPS) is 19.1. The van der Waals surface area contributed by atoms with E-state index in [-0.39, 0.29) is 6.61 Å². The van der Waals surface area contributed by atoms with Crippen molar-refractivity contribution in [2.24, 2.45) is 5.92 Å². The molecule has 0 unspecified atom stereocenters. The SMILES string of the molecule is CC1CCN(CCOCCOCCO)CC1. The molecule has 0 aromatic heterocycles. The second-order valence-corrected chi connectivity index (χ2v) is 4.47. The minimum Gasteiger partial charge on any atom is -0.394 e. The van der Waals surface area contributed by atoms with Gasteiger partial charge in [0.25, 0.3) is 0 Å². The van der Waals surface area contributed by atoms with Crippen molar-refractivity contribution in [3.05, 3.63) is 0 Å². The van der Waals surface area contributed by atoms with Crippen molar-refractivity contribution in [1.29, 1.82) is 0 Å². The van der Waals surface area contributed by atoms with Crippen LogP contribution in [0.25, 0.3) is 0 Å². The third-order valence-corrected chi connectivity index (χ3v) is 3.04. The lowest BCUT2D eigenvalue weighted by Gasteiger charge is -2.29. The predicted octanol–water partition coefficient (Wildman–Crippen LogP) is 0.744. The predicted molar refractivity (Wildman–Crippen MR) is 63.6 cm³/mol. The summed E-state index contributed by atoms with van der Waals surface area (Å²) in [5.74, 6) is 0.893. The van der Waals surface area contributed by atoms with E-state index in [0.717, 1.165) is 19.1 Å². The molecule has 0 aromatic rings. The topological polar surface area (TPSA) is 41.9 Å². The van der Waals surface area contributed by atoms with Gasteiger partial charge in [-0.1, -0.05) is 6.92 Å². The maximum absolute atomic E-state index is 8.49. The number of likely N-dealkylation sites (tertiary alicyclic amines) is 1. The van der Waals surface area contributed by atoms with E-state index in [1.54, 1.807) is 0 Å². The molecule has 1 saturated heterocycles. The highest BCUT2D eigenvalue weighted by atomic mass is 16.5. The molecule has 0 bridgehead atoms. The summed E-state index contributed by atoms with van der Waals surface area (Å²) < 4.78 is 10.6. The Labute approximate surface area is 98.5 Å². The largest absolute Gasteiger partial charge is 0.394 e. The Kier molecular flexibility index (Phi) is 7.76. The summed E-state index contributed by atoms with van der Waals surface area (Å²) >= 11 is 0. The van der Waals surface area contributed by atoms with Crippen LogP contribution in [-0.4, -0.2) is 62.7 Å². The van der Waals surface area contributed by atoms with Crippen LogP contribution in [0.3, 0.4) is 0 Å². The number of hydrogen-bond donors (Lipinski definition) is 1. The average Bonchev–Trinajstić information content (AvgIpc) is 2.30. The van der Waals surface area contributed by atoms with Gasteiger partial charge >= 0.3 is 0 Å². The van der Waals surface area contributed by atoms with Crippen LogP contribution in [0.1, 0.15) is 19.8 Å². The molecule has 16 heavy (non-hydrogen) atoms. The Bertz CT molecular complexity index is 158. The first-order chi connectivity index (χ1) is 7.83. The van der Waals surface area contributed by atoms with E-state index in [4.69, 9.17) is 14.6 Å². The molecule has 4 heteroatoms. The van der Waals surface area contributed by atoms with Crippen molar-refractivity contribution in [2.75, 3.05) is 52.7 Å². The van der Waals surface area contributed by atoms with Gasteiger partial charge in [-0.25, -0.2) is 0 Å². The Balaban J connectivity index is 1.84. The third-order valence-electron chi connectivity index (χ3n) is 3.04. The van der Waals surface area contributed by atoms with Crippen molar-refractivity contribution in [3.8, 4) is 0 Å². The van der Waals surface area contributed by atoms with Crippen molar-refractivity contribution < 1.29 is 14.6 Å². The first kappa shape index (κ1) is 13.9. The number of piperidine rings is 1. The number of aliphatic hydroxyl groups is 1. The van der Waals surface area contributed by atoms with E-state index in [0.29, 0.717) is 19.8 Å². The standard InChI is InChI=1S/C12H25NO3/c1-12-2-4-13(5-3-12)6-8-15-10-11-16-9-7-14/h12,14H,2-11H2,1H3. The molecule has 96 valence electrons. The van der Waals surface area contributed by atoms with Crippen LogP contribution in [0.4, 0.5) is 0 Å². The van der Waals surface area contributed by atoms with Gasteiger partial charge in [-0.3, -0.25) is 0 Å². The number of nitrogens with zero attached hydrogens (tertiary/aromatic N) is 1. The van der Waals surface area contributed by atoms with Gasteiger partial charge in [0.05, 0.1) is 33.0 Å². The van der Waals surface area contributed by atoms with Crippen molar-refractivity contribution >= 4 is 0 Å². The van der Waals surface area contributed by atoms with Gasteiger partial charge in [0.15, 0.2) is 0 Å². The van der Waals surface area contributed by atoms with Gasteiger partial charge in [-0.15, -0.1) is 0 Å². The molecule has 0 atom stereocenters. The summed E-state index contributed by atoms with van der Waals surface area (Å²) in [5, 5.41) is 8.49. The van der Waals surface area contributed by atoms with E-state index in [9.17, 15) is 0 Å². The highest BCUT2D eigenvalue weighted by molar-refractivity contribution is 4.68. The highest BCUT2D eigenvalue weighted by Crippen LogP contribution is 2.15. The fourth-order valence-electron chi connectivity index (χ4n) is 1.87. The van der Waals surface area contributed by atoms with E-state index < -0.39 is 0 Å². The molecule has 0 aliphatic carbocycles. The highest BCUT2D eigenvalue weighted by Gasteiger charge is 2.14. The van der Waals surface area contributed by atoms with Crippen LogP contribution in [-0.2, 0) is 9.47 Å². The molecule has 0 amide bonds. The second-order valence-electron chi connectivity index (χ2n) is 4.47. The fraction of sp³-hybridized carbons (Fsp3) is 1.00. The molecule has 4 nitrogen and oxygen atoms in total. The van der Waals surface area contributed by atoms with E-state index >= 15 is 0 Å². The molecule has 1 aliphatic heterocycles. The van der Waals surface area contributed by atoms with Crippen LogP contribution in [0.15, 0.2) is 0 Å². The first-order valence-corrected chi connectivity index (χ1v) is 6.31. The van der Waals surface area contributed by atoms with Crippen molar-refractivity contribution in [2.45, 2.75) is 19.8 Å². The summed E-state index contributed by atoms with van der Waals surface area (Å²) in [6.07, 6.45) is 2.64. The first-order valence-electron chi connectivity index (χ1n) is 6.31. The number of aliphatic hydroxyl groups excluding tert-OH is 1. The molecule has 1 heterocycles. The van der Waals surface area contributed by atoms with Gasteiger partial charge < -0.3 is 19.5 Å². The zero-order chi connectivity index (χ0) is 11.6. The third kappa shape index (κ3) is 6.43. The fourth-order valence-corrected chi connectivity index (χ4v) is 1.87. The van der Waals surface area contributed by atoms with Gasteiger partial charge in [-0.05, 0) is 31.8 Å². The molecule has 0 spiro atoms. The minimum absolute atomic E-state index is 0.0892. The molecule has 0 radical (unpaired) electrons. The van der Waals surface area contributed by atoms with E-state index in [2.05, 4.69) is 11.8 Å². The molecular formula is C12H25NO3. The van der Waals surface area contributed by atoms with Crippen molar-refractivity contribution in [3.63, 3.8) is 0 Å². The molecule has 0 aromatic carbocycles. The van der Waals surface area contributed by atoms with E-state index in [1.165, 1.54) is 25.9 Å². The smallest absolute Gasteiger partial charge is 0.0701 e. The van der Waals surface area contributed by atoms with Crippen LogP contribution in [0, 0.1) is 5.92 Å². The van der Waals surface area contributed by atoms with Gasteiger partial charge in [-0.2, -0.15) is 0 Å². The number of hydrogen-bond acceptors (Lipinski definition) is 4. The summed E-state index contributed by atoms with van der Waals surface area (Å²) in [6.45, 7) is 8.29. The van der Waals surface area contributed by atoms with E-state index in [1.807, 2.05) is 0 Å². The van der Waals surface area contributed by atoms with Crippen LogP contribution in [0.2, 0.25) is 0 Å². The number of rotatable bonds is 8. The van der Waals surface area contributed by atoms with Gasteiger partial charge in [0, 0.05) is 6.54 Å². The maximum Gasteiger partial charge on any atom is 0.0701 e. The van der Waals surface area contributed by atoms with Crippen LogP contribution >= 0.6 is 0 Å². The summed E-state index contributed by atoms with van der Waals surface area (Å²) in [6, 6.07) is 0. The Morgan fingerprint density at radius 2 is 1.69 bits per heavy atom. The monoisotopic (exact) mass is 231 g/mol. The zero-order valence-corrected chi connectivity index (χ0v) is 10.4. The minimum atomic E-state index is 0.0892. The Morgan fingerprint density at radius 3 is 2.31 bits per heavy atom. The quantitative estimate of drug-likeness (QED) is 0.626.